The van der Waals surface area contributed by atoms with E-state index < -0.39 is 0 Å². The Labute approximate surface area is 185 Å². The van der Waals surface area contributed by atoms with Gasteiger partial charge in [-0.25, -0.2) is 10.9 Å². The zero-order valence-corrected chi connectivity index (χ0v) is 17.6. The maximum absolute atomic E-state index is 12.1. The van der Waals surface area contributed by atoms with Gasteiger partial charge in [-0.3, -0.25) is 9.59 Å². The molecule has 0 aromatic heterocycles. The third kappa shape index (κ3) is 5.79. The Balaban J connectivity index is 1.72. The minimum absolute atomic E-state index is 0.328. The lowest BCUT2D eigenvalue weighted by Crippen LogP contribution is -2.17. The minimum atomic E-state index is -0.328. The fourth-order valence-electron chi connectivity index (χ4n) is 2.78. The zero-order valence-electron chi connectivity index (χ0n) is 17.6. The van der Waals surface area contributed by atoms with Crippen molar-refractivity contribution in [3.8, 4) is 11.5 Å². The van der Waals surface area contributed by atoms with E-state index in [1.165, 1.54) is 26.6 Å². The Kier molecular flexibility index (Phi) is 7.69. The van der Waals surface area contributed by atoms with Crippen LogP contribution in [0.25, 0.3) is 0 Å². The highest BCUT2D eigenvalue weighted by Crippen LogP contribution is 2.26. The molecule has 2 amide bonds. The standard InChI is InChI=1S/C24H22N4O4/c1-31-21-13-20(16-26-28-24(30)18-11-7-4-8-12-18)22(32-2)14-19(21)15-25-27-23(29)17-9-5-3-6-10-17/h3-16H,1-2H3,(H,27,29)(H,28,30)/b25-15+,26-16+. The number of methoxy groups -OCH3 is 2. The average molecular weight is 430 g/mol. The van der Waals surface area contributed by atoms with Crippen molar-refractivity contribution in [2.75, 3.05) is 14.2 Å². The van der Waals surface area contributed by atoms with Crippen LogP contribution in [0.4, 0.5) is 0 Å². The minimum Gasteiger partial charge on any atom is -0.496 e. The Morgan fingerprint density at radius 1 is 0.688 bits per heavy atom. The monoisotopic (exact) mass is 430 g/mol. The van der Waals surface area contributed by atoms with Crippen molar-refractivity contribution >= 4 is 24.2 Å². The van der Waals surface area contributed by atoms with Crippen LogP contribution in [0.3, 0.4) is 0 Å². The van der Waals surface area contributed by atoms with Crippen molar-refractivity contribution < 1.29 is 19.1 Å². The molecule has 0 bridgehead atoms. The number of ether oxygens (including phenoxy) is 2. The van der Waals surface area contributed by atoms with Gasteiger partial charge in [-0.2, -0.15) is 10.2 Å². The van der Waals surface area contributed by atoms with Gasteiger partial charge in [0.15, 0.2) is 0 Å². The third-order valence-electron chi connectivity index (χ3n) is 4.39. The molecule has 0 radical (unpaired) electrons. The quantitative estimate of drug-likeness (QED) is 0.423. The van der Waals surface area contributed by atoms with Gasteiger partial charge in [0.1, 0.15) is 11.5 Å². The molecule has 0 unspecified atom stereocenters. The normalized spacial score (nSPS) is 10.8. The highest BCUT2D eigenvalue weighted by atomic mass is 16.5. The number of rotatable bonds is 8. The summed E-state index contributed by atoms with van der Waals surface area (Å²) in [5, 5.41) is 8.00. The van der Waals surface area contributed by atoms with Crippen LogP contribution in [0.5, 0.6) is 11.5 Å². The van der Waals surface area contributed by atoms with Crippen molar-refractivity contribution in [1.82, 2.24) is 10.9 Å². The van der Waals surface area contributed by atoms with E-state index in [1.54, 1.807) is 60.7 Å². The van der Waals surface area contributed by atoms with E-state index >= 15 is 0 Å². The van der Waals surface area contributed by atoms with Gasteiger partial charge in [0.2, 0.25) is 0 Å². The molecule has 0 fully saturated rings. The summed E-state index contributed by atoms with van der Waals surface area (Å²) in [6.45, 7) is 0. The lowest BCUT2D eigenvalue weighted by molar-refractivity contribution is 0.0947. The number of benzene rings is 3. The summed E-state index contributed by atoms with van der Waals surface area (Å²) < 4.78 is 10.8. The van der Waals surface area contributed by atoms with Crippen LogP contribution in [0.1, 0.15) is 31.8 Å². The Hall–Kier alpha value is -4.46. The van der Waals surface area contributed by atoms with E-state index in [-0.39, 0.29) is 11.8 Å². The number of nitrogens with one attached hydrogen (secondary N) is 2. The summed E-state index contributed by atoms with van der Waals surface area (Å²) in [4.78, 5) is 24.2. The second-order valence-corrected chi connectivity index (χ2v) is 6.47. The molecule has 0 aliphatic carbocycles. The molecular weight excluding hydrogens is 408 g/mol. The molecule has 0 aliphatic heterocycles. The van der Waals surface area contributed by atoms with Crippen LogP contribution < -0.4 is 20.3 Å². The van der Waals surface area contributed by atoms with Crippen LogP contribution in [-0.4, -0.2) is 38.5 Å². The fraction of sp³-hybridized carbons (Fsp3) is 0.0833. The number of carbonyl (C=O) groups excluding carboxylic acids is 2. The number of carbonyl (C=O) groups is 2. The van der Waals surface area contributed by atoms with Gasteiger partial charge in [-0.15, -0.1) is 0 Å². The first-order valence-electron chi connectivity index (χ1n) is 9.65. The average Bonchev–Trinajstić information content (AvgIpc) is 2.85. The molecule has 162 valence electrons. The molecule has 8 heteroatoms. The van der Waals surface area contributed by atoms with Gasteiger partial charge in [-0.05, 0) is 36.4 Å². The van der Waals surface area contributed by atoms with Crippen molar-refractivity contribution in [2.24, 2.45) is 10.2 Å². The van der Waals surface area contributed by atoms with Gasteiger partial charge in [0.05, 0.1) is 26.6 Å². The van der Waals surface area contributed by atoms with Gasteiger partial charge in [0, 0.05) is 22.3 Å². The predicted octanol–water partition coefficient (Wildman–Crippen LogP) is 3.23. The Morgan fingerprint density at radius 2 is 1.06 bits per heavy atom. The number of hydrogen-bond acceptors (Lipinski definition) is 6. The predicted molar refractivity (Wildman–Crippen MR) is 123 cm³/mol. The molecule has 0 spiro atoms. The molecule has 8 nitrogen and oxygen atoms in total. The maximum atomic E-state index is 12.1. The van der Waals surface area contributed by atoms with Crippen LogP contribution >= 0.6 is 0 Å². The van der Waals surface area contributed by atoms with E-state index in [0.29, 0.717) is 33.8 Å². The second-order valence-electron chi connectivity index (χ2n) is 6.47. The summed E-state index contributed by atoms with van der Waals surface area (Å²) in [7, 11) is 3.03. The van der Waals surface area contributed by atoms with Gasteiger partial charge in [-0.1, -0.05) is 36.4 Å². The molecule has 0 saturated carbocycles. The molecule has 3 rings (SSSR count). The Morgan fingerprint density at radius 3 is 1.41 bits per heavy atom. The Bertz CT molecular complexity index is 1040. The van der Waals surface area contributed by atoms with Crippen molar-refractivity contribution in [3.05, 3.63) is 95.1 Å². The van der Waals surface area contributed by atoms with E-state index in [4.69, 9.17) is 9.47 Å². The van der Waals surface area contributed by atoms with Crippen molar-refractivity contribution in [3.63, 3.8) is 0 Å². The van der Waals surface area contributed by atoms with Crippen LogP contribution in [0.2, 0.25) is 0 Å². The van der Waals surface area contributed by atoms with E-state index in [9.17, 15) is 9.59 Å². The lowest BCUT2D eigenvalue weighted by Gasteiger charge is -2.10. The summed E-state index contributed by atoms with van der Waals surface area (Å²) >= 11 is 0. The molecule has 0 aliphatic rings. The summed E-state index contributed by atoms with van der Waals surface area (Å²) in [6.07, 6.45) is 2.92. The summed E-state index contributed by atoms with van der Waals surface area (Å²) in [6, 6.07) is 20.9. The highest BCUT2D eigenvalue weighted by Gasteiger charge is 2.10. The van der Waals surface area contributed by atoms with Crippen LogP contribution in [0, 0.1) is 0 Å². The lowest BCUT2D eigenvalue weighted by atomic mass is 10.1. The smallest absolute Gasteiger partial charge is 0.271 e. The van der Waals surface area contributed by atoms with E-state index in [0.717, 1.165) is 0 Å². The molecule has 3 aromatic carbocycles. The zero-order chi connectivity index (χ0) is 22.8. The number of amides is 2. The molecule has 3 aromatic rings. The topological polar surface area (TPSA) is 101 Å². The molecule has 0 atom stereocenters. The first-order chi connectivity index (χ1) is 15.6. The van der Waals surface area contributed by atoms with E-state index in [1.807, 2.05) is 12.1 Å². The molecular formula is C24H22N4O4. The highest BCUT2D eigenvalue weighted by molar-refractivity contribution is 5.96. The largest absolute Gasteiger partial charge is 0.496 e. The first-order valence-corrected chi connectivity index (χ1v) is 9.65. The van der Waals surface area contributed by atoms with E-state index in [2.05, 4.69) is 21.1 Å². The van der Waals surface area contributed by atoms with Crippen LogP contribution in [0.15, 0.2) is 83.0 Å². The molecule has 32 heavy (non-hydrogen) atoms. The molecule has 2 N–H and O–H groups in total. The van der Waals surface area contributed by atoms with Crippen LogP contribution in [-0.2, 0) is 0 Å². The van der Waals surface area contributed by atoms with Gasteiger partial charge in [0.25, 0.3) is 11.8 Å². The number of hydrogen-bond donors (Lipinski definition) is 2. The second kappa shape index (κ2) is 11.1. The fourth-order valence-corrected chi connectivity index (χ4v) is 2.78. The molecule has 0 saturated heterocycles. The number of hydrazone groups is 2. The summed E-state index contributed by atoms with van der Waals surface area (Å²) in [5.74, 6) is 0.315. The van der Waals surface area contributed by atoms with Crippen molar-refractivity contribution in [1.29, 1.82) is 0 Å². The van der Waals surface area contributed by atoms with Gasteiger partial charge >= 0.3 is 0 Å². The SMILES string of the molecule is COc1cc(/C=N/NC(=O)c2ccccc2)c(OC)cc1/C=N/NC(=O)c1ccccc1. The summed E-state index contributed by atoms with van der Waals surface area (Å²) in [5.41, 5.74) is 7.12. The number of nitrogens with zero attached hydrogens (tertiary/aromatic N) is 2. The van der Waals surface area contributed by atoms with Gasteiger partial charge < -0.3 is 9.47 Å². The third-order valence-corrected chi connectivity index (χ3v) is 4.39. The van der Waals surface area contributed by atoms with Crippen molar-refractivity contribution in [2.45, 2.75) is 0 Å². The first kappa shape index (κ1) is 22.2. The maximum Gasteiger partial charge on any atom is 0.271 e. The molecule has 0 heterocycles.